The van der Waals surface area contributed by atoms with E-state index < -0.39 is 0 Å². The Kier molecular flexibility index (Phi) is 6.72. The fourth-order valence-corrected chi connectivity index (χ4v) is 4.32. The zero-order valence-electron chi connectivity index (χ0n) is 14.5. The molecule has 0 aromatic rings. The number of hydrogen-bond donors (Lipinski definition) is 1. The van der Waals surface area contributed by atoms with Crippen LogP contribution in [0.15, 0.2) is 0 Å². The third kappa shape index (κ3) is 5.16. The quantitative estimate of drug-likeness (QED) is 0.804. The maximum absolute atomic E-state index is 12.5. The van der Waals surface area contributed by atoms with Crippen LogP contribution < -0.4 is 5.32 Å². The van der Waals surface area contributed by atoms with Crippen LogP contribution in [0.3, 0.4) is 0 Å². The molecule has 1 N–H and O–H groups in total. The summed E-state index contributed by atoms with van der Waals surface area (Å²) in [5.74, 6) is 1.08. The summed E-state index contributed by atoms with van der Waals surface area (Å²) in [6.07, 6.45) is 9.11. The van der Waals surface area contributed by atoms with E-state index >= 15 is 0 Å². The second-order valence-electron chi connectivity index (χ2n) is 7.40. The standard InChI is InChI=1S/C18H33N3O2/c22-18(19-8-10-20-11-13-23-14-12-20)17-7-4-9-21(17)15-16-5-2-1-3-6-16/h16-17H,1-15H2,(H,19,22)/t17-/m1/s1. The van der Waals surface area contributed by atoms with Gasteiger partial charge in [-0.25, -0.2) is 0 Å². The molecule has 5 nitrogen and oxygen atoms in total. The Morgan fingerprint density at radius 2 is 1.78 bits per heavy atom. The van der Waals surface area contributed by atoms with Crippen LogP contribution in [-0.4, -0.2) is 74.2 Å². The molecule has 1 amide bonds. The largest absolute Gasteiger partial charge is 0.379 e. The lowest BCUT2D eigenvalue weighted by Gasteiger charge is -2.30. The summed E-state index contributed by atoms with van der Waals surface area (Å²) >= 11 is 0. The maximum Gasteiger partial charge on any atom is 0.237 e. The van der Waals surface area contributed by atoms with Gasteiger partial charge in [-0.2, -0.15) is 0 Å². The van der Waals surface area contributed by atoms with Gasteiger partial charge in [-0.15, -0.1) is 0 Å². The number of morpholine rings is 1. The molecule has 0 bridgehead atoms. The molecule has 2 aliphatic heterocycles. The first kappa shape index (κ1) is 17.2. The Morgan fingerprint density at radius 3 is 2.57 bits per heavy atom. The molecule has 0 unspecified atom stereocenters. The van der Waals surface area contributed by atoms with Crippen molar-refractivity contribution in [1.82, 2.24) is 15.1 Å². The van der Waals surface area contributed by atoms with Gasteiger partial charge in [-0.3, -0.25) is 14.6 Å². The number of carbonyl (C=O) groups excluding carboxylic acids is 1. The van der Waals surface area contributed by atoms with E-state index in [-0.39, 0.29) is 11.9 Å². The van der Waals surface area contributed by atoms with Gasteiger partial charge in [0.15, 0.2) is 0 Å². The van der Waals surface area contributed by atoms with Gasteiger partial charge in [0.05, 0.1) is 19.3 Å². The smallest absolute Gasteiger partial charge is 0.237 e. The lowest BCUT2D eigenvalue weighted by Crippen LogP contribution is -2.47. The fraction of sp³-hybridized carbons (Fsp3) is 0.944. The van der Waals surface area contributed by atoms with Gasteiger partial charge in [0.2, 0.25) is 5.91 Å². The number of ether oxygens (including phenoxy) is 1. The SMILES string of the molecule is O=C(NCCN1CCOCC1)[C@H]1CCCN1CC1CCCCC1. The zero-order chi connectivity index (χ0) is 15.9. The van der Waals surface area contributed by atoms with Crippen molar-refractivity contribution in [2.24, 2.45) is 5.92 Å². The summed E-state index contributed by atoms with van der Waals surface area (Å²) < 4.78 is 5.36. The van der Waals surface area contributed by atoms with Crippen molar-refractivity contribution in [2.45, 2.75) is 51.0 Å². The highest BCUT2D eigenvalue weighted by molar-refractivity contribution is 5.82. The van der Waals surface area contributed by atoms with Gasteiger partial charge in [0, 0.05) is 32.7 Å². The van der Waals surface area contributed by atoms with Gasteiger partial charge in [-0.1, -0.05) is 19.3 Å². The monoisotopic (exact) mass is 323 g/mol. The van der Waals surface area contributed by atoms with E-state index in [1.54, 1.807) is 0 Å². The summed E-state index contributed by atoms with van der Waals surface area (Å²) in [4.78, 5) is 17.4. The predicted octanol–water partition coefficient (Wildman–Crippen LogP) is 1.48. The number of hydrogen-bond acceptors (Lipinski definition) is 4. The first-order valence-electron chi connectivity index (χ1n) is 9.65. The molecule has 5 heteroatoms. The zero-order valence-corrected chi connectivity index (χ0v) is 14.5. The van der Waals surface area contributed by atoms with Crippen molar-refractivity contribution in [3.8, 4) is 0 Å². The van der Waals surface area contributed by atoms with Crippen LogP contribution in [0.4, 0.5) is 0 Å². The van der Waals surface area contributed by atoms with Crippen molar-refractivity contribution in [2.75, 3.05) is 52.5 Å². The molecule has 2 saturated heterocycles. The fourth-order valence-electron chi connectivity index (χ4n) is 4.32. The first-order valence-corrected chi connectivity index (χ1v) is 9.65. The van der Waals surface area contributed by atoms with E-state index in [4.69, 9.17) is 4.74 Å². The van der Waals surface area contributed by atoms with Crippen molar-refractivity contribution >= 4 is 5.91 Å². The number of nitrogens with zero attached hydrogens (tertiary/aromatic N) is 2. The average molecular weight is 323 g/mol. The first-order chi connectivity index (χ1) is 11.3. The Bertz CT molecular complexity index is 365. The topological polar surface area (TPSA) is 44.8 Å². The molecule has 1 atom stereocenters. The highest BCUT2D eigenvalue weighted by Gasteiger charge is 2.32. The van der Waals surface area contributed by atoms with E-state index in [2.05, 4.69) is 15.1 Å². The molecule has 0 spiro atoms. The molecule has 1 saturated carbocycles. The highest BCUT2D eigenvalue weighted by atomic mass is 16.5. The number of nitrogens with one attached hydrogen (secondary N) is 1. The number of likely N-dealkylation sites (tertiary alicyclic amines) is 1. The van der Waals surface area contributed by atoms with E-state index in [1.165, 1.54) is 38.5 Å². The van der Waals surface area contributed by atoms with E-state index in [0.717, 1.165) is 64.8 Å². The van der Waals surface area contributed by atoms with Gasteiger partial charge in [0.25, 0.3) is 0 Å². The summed E-state index contributed by atoms with van der Waals surface area (Å²) in [5, 5.41) is 3.18. The summed E-state index contributed by atoms with van der Waals surface area (Å²) in [6.45, 7) is 7.61. The molecule has 132 valence electrons. The Hall–Kier alpha value is -0.650. The van der Waals surface area contributed by atoms with Crippen LogP contribution >= 0.6 is 0 Å². The van der Waals surface area contributed by atoms with Gasteiger partial charge in [0.1, 0.15) is 0 Å². The van der Waals surface area contributed by atoms with E-state index in [0.29, 0.717) is 0 Å². The van der Waals surface area contributed by atoms with E-state index in [9.17, 15) is 4.79 Å². The lowest BCUT2D eigenvalue weighted by molar-refractivity contribution is -0.125. The van der Waals surface area contributed by atoms with Gasteiger partial charge < -0.3 is 10.1 Å². The molecule has 0 aromatic carbocycles. The van der Waals surface area contributed by atoms with Crippen molar-refractivity contribution in [3.63, 3.8) is 0 Å². The Morgan fingerprint density at radius 1 is 1.00 bits per heavy atom. The van der Waals surface area contributed by atoms with Crippen LogP contribution in [0.1, 0.15) is 44.9 Å². The molecule has 3 aliphatic rings. The molecule has 23 heavy (non-hydrogen) atoms. The van der Waals surface area contributed by atoms with Crippen molar-refractivity contribution in [3.05, 3.63) is 0 Å². The van der Waals surface area contributed by atoms with Crippen LogP contribution in [0, 0.1) is 5.92 Å². The lowest BCUT2D eigenvalue weighted by atomic mass is 9.89. The molecule has 2 heterocycles. The average Bonchev–Trinajstić information content (AvgIpc) is 3.05. The third-order valence-electron chi connectivity index (χ3n) is 5.71. The van der Waals surface area contributed by atoms with Crippen LogP contribution in [0.25, 0.3) is 0 Å². The third-order valence-corrected chi connectivity index (χ3v) is 5.71. The minimum absolute atomic E-state index is 0.126. The number of rotatable bonds is 6. The molecular weight excluding hydrogens is 290 g/mol. The van der Waals surface area contributed by atoms with Gasteiger partial charge >= 0.3 is 0 Å². The summed E-state index contributed by atoms with van der Waals surface area (Å²) in [5.41, 5.74) is 0. The maximum atomic E-state index is 12.5. The Balaban J connectivity index is 1.38. The minimum Gasteiger partial charge on any atom is -0.379 e. The molecule has 3 fully saturated rings. The molecule has 3 rings (SSSR count). The van der Waals surface area contributed by atoms with Crippen LogP contribution in [0.5, 0.6) is 0 Å². The van der Waals surface area contributed by atoms with Crippen LogP contribution in [-0.2, 0) is 9.53 Å². The number of amides is 1. The summed E-state index contributed by atoms with van der Waals surface area (Å²) in [6, 6.07) is 0.126. The summed E-state index contributed by atoms with van der Waals surface area (Å²) in [7, 11) is 0. The van der Waals surface area contributed by atoms with Crippen molar-refractivity contribution in [1.29, 1.82) is 0 Å². The molecule has 0 aromatic heterocycles. The molecule has 0 radical (unpaired) electrons. The molecule has 1 aliphatic carbocycles. The molecular formula is C18H33N3O2. The van der Waals surface area contributed by atoms with E-state index in [1.807, 2.05) is 0 Å². The second kappa shape index (κ2) is 9.00. The normalized spacial score (nSPS) is 28.1. The minimum atomic E-state index is 0.126. The second-order valence-corrected chi connectivity index (χ2v) is 7.40. The Labute approximate surface area is 140 Å². The number of carbonyl (C=O) groups is 1. The van der Waals surface area contributed by atoms with Gasteiger partial charge in [-0.05, 0) is 38.1 Å². The predicted molar refractivity (Wildman–Crippen MR) is 91.4 cm³/mol. The van der Waals surface area contributed by atoms with Crippen molar-refractivity contribution < 1.29 is 9.53 Å². The highest BCUT2D eigenvalue weighted by Crippen LogP contribution is 2.27. The van der Waals surface area contributed by atoms with Crippen LogP contribution in [0.2, 0.25) is 0 Å².